The predicted octanol–water partition coefficient (Wildman–Crippen LogP) is 12.6. The van der Waals surface area contributed by atoms with Gasteiger partial charge in [0.1, 0.15) is 40.5 Å². The molecule has 0 saturated heterocycles. The summed E-state index contributed by atoms with van der Waals surface area (Å²) >= 11 is 0. The molecule has 0 bridgehead atoms. The molecule has 2 N–H and O–H groups in total. The number of para-hydroxylation sites is 3. The molecule has 4 heterocycles. The van der Waals surface area contributed by atoms with E-state index in [9.17, 15) is 0 Å². The van der Waals surface area contributed by atoms with Crippen molar-refractivity contribution in [1.29, 1.82) is 0 Å². The maximum absolute atomic E-state index is 6.67. The molecule has 0 saturated carbocycles. The van der Waals surface area contributed by atoms with Crippen molar-refractivity contribution in [3.63, 3.8) is 0 Å². The molecule has 1 aliphatic heterocycles. The number of aliphatic imine (C=N–C) groups is 1. The van der Waals surface area contributed by atoms with Crippen LogP contribution in [0.4, 0.5) is 0 Å². The molecule has 11 aromatic rings. The van der Waals surface area contributed by atoms with E-state index in [0.29, 0.717) is 0 Å². The fraction of sp³-hybridized carbons (Fsp3) is 0.0392. The van der Waals surface area contributed by atoms with Crippen LogP contribution in [0.5, 0.6) is 0 Å². The van der Waals surface area contributed by atoms with E-state index < -0.39 is 0 Å². The number of hydrogen-bond donors (Lipinski definition) is 2. The highest BCUT2D eigenvalue weighted by Crippen LogP contribution is 2.41. The molecule has 1 aliphatic rings. The molecule has 2 atom stereocenters. The van der Waals surface area contributed by atoms with Gasteiger partial charge in [-0.2, -0.15) is 0 Å². The third kappa shape index (κ3) is 5.12. The minimum absolute atomic E-state index is 0.112. The molecule has 270 valence electrons. The second-order valence-corrected chi connectivity index (χ2v) is 14.8. The smallest absolute Gasteiger partial charge is 0.143 e. The van der Waals surface area contributed by atoms with Crippen molar-refractivity contribution in [3.8, 4) is 16.8 Å². The highest BCUT2D eigenvalue weighted by Gasteiger charge is 2.26. The summed E-state index contributed by atoms with van der Waals surface area (Å²) in [6.45, 7) is 0. The third-order valence-corrected chi connectivity index (χ3v) is 11.5. The lowest BCUT2D eigenvalue weighted by atomic mass is 10.00. The van der Waals surface area contributed by atoms with Crippen molar-refractivity contribution >= 4 is 71.5 Å². The molecular weight excluding hydrogens is 701 g/mol. The number of furan rings is 2. The minimum Gasteiger partial charge on any atom is -0.456 e. The molecule has 57 heavy (non-hydrogen) atoms. The Labute approximate surface area is 327 Å². The molecule has 12 rings (SSSR count). The monoisotopic (exact) mass is 734 g/mol. The van der Waals surface area contributed by atoms with Gasteiger partial charge in [0.2, 0.25) is 0 Å². The summed E-state index contributed by atoms with van der Waals surface area (Å²) in [6.07, 6.45) is -0.389. The van der Waals surface area contributed by atoms with Crippen molar-refractivity contribution < 1.29 is 8.83 Å². The van der Waals surface area contributed by atoms with Crippen molar-refractivity contribution in [2.75, 3.05) is 0 Å². The van der Waals surface area contributed by atoms with E-state index in [1.165, 1.54) is 21.8 Å². The predicted molar refractivity (Wildman–Crippen MR) is 232 cm³/mol. The Bertz CT molecular complexity index is 3320. The number of rotatable bonds is 5. The first kappa shape index (κ1) is 31.9. The SMILES string of the molecule is c1ccc(C2=NC(c3ccc4c(c3)oc3ccc(-c5cccc6c5oc5ccc(-n7c8ccccc8c8ccccc87)cc56)cc34)NC(c3ccccc3)N2)cc1. The Kier molecular flexibility index (Phi) is 7.03. The van der Waals surface area contributed by atoms with Crippen LogP contribution in [-0.4, -0.2) is 10.4 Å². The van der Waals surface area contributed by atoms with Crippen LogP contribution in [0, 0.1) is 0 Å². The van der Waals surface area contributed by atoms with Crippen LogP contribution < -0.4 is 10.6 Å². The number of hydrogen-bond acceptors (Lipinski definition) is 5. The van der Waals surface area contributed by atoms with Crippen molar-refractivity contribution in [3.05, 3.63) is 199 Å². The fourth-order valence-electron chi connectivity index (χ4n) is 8.77. The Morgan fingerprint density at radius 2 is 1.14 bits per heavy atom. The van der Waals surface area contributed by atoms with Gasteiger partial charge >= 0.3 is 0 Å². The zero-order valence-electron chi connectivity index (χ0n) is 30.7. The minimum atomic E-state index is -0.277. The van der Waals surface area contributed by atoms with Crippen LogP contribution in [0.15, 0.2) is 196 Å². The fourth-order valence-corrected chi connectivity index (χ4v) is 8.77. The number of fused-ring (bicyclic) bond motifs is 9. The summed E-state index contributed by atoms with van der Waals surface area (Å²) in [6, 6.07) is 63.8. The first-order valence-corrected chi connectivity index (χ1v) is 19.3. The van der Waals surface area contributed by atoms with E-state index in [0.717, 1.165) is 83.2 Å². The van der Waals surface area contributed by atoms with E-state index >= 15 is 0 Å². The van der Waals surface area contributed by atoms with Crippen LogP contribution in [0.3, 0.4) is 0 Å². The summed E-state index contributed by atoms with van der Waals surface area (Å²) < 4.78 is 15.6. The Balaban J connectivity index is 0.933. The van der Waals surface area contributed by atoms with Crippen LogP contribution in [0.1, 0.15) is 29.0 Å². The molecule has 8 aromatic carbocycles. The van der Waals surface area contributed by atoms with Gasteiger partial charge in [-0.3, -0.25) is 5.32 Å². The Morgan fingerprint density at radius 3 is 1.95 bits per heavy atom. The first-order chi connectivity index (χ1) is 28.2. The van der Waals surface area contributed by atoms with E-state index in [4.69, 9.17) is 13.8 Å². The van der Waals surface area contributed by atoms with Gasteiger partial charge < -0.3 is 18.7 Å². The molecule has 6 heteroatoms. The number of amidine groups is 1. The number of benzene rings is 8. The molecule has 2 unspecified atom stereocenters. The van der Waals surface area contributed by atoms with Gasteiger partial charge in [-0.15, -0.1) is 0 Å². The van der Waals surface area contributed by atoms with Gasteiger partial charge in [0.05, 0.1) is 11.0 Å². The van der Waals surface area contributed by atoms with Crippen molar-refractivity contribution in [1.82, 2.24) is 15.2 Å². The van der Waals surface area contributed by atoms with E-state index in [1.807, 2.05) is 24.3 Å². The average molecular weight is 735 g/mol. The third-order valence-electron chi connectivity index (χ3n) is 11.5. The summed E-state index contributed by atoms with van der Waals surface area (Å²) in [5.41, 5.74) is 12.2. The molecule has 0 spiro atoms. The lowest BCUT2D eigenvalue weighted by molar-refractivity contribution is 0.409. The van der Waals surface area contributed by atoms with Crippen LogP contribution in [0.2, 0.25) is 0 Å². The normalized spacial score (nSPS) is 15.9. The lowest BCUT2D eigenvalue weighted by Crippen LogP contribution is -2.44. The number of nitrogens with zero attached hydrogens (tertiary/aromatic N) is 2. The van der Waals surface area contributed by atoms with Crippen LogP contribution in [0.25, 0.3) is 82.5 Å². The Morgan fingerprint density at radius 1 is 0.456 bits per heavy atom. The second kappa shape index (κ2) is 12.6. The summed E-state index contributed by atoms with van der Waals surface area (Å²) in [5, 5.41) is 14.1. The number of nitrogens with one attached hydrogen (secondary N) is 2. The second-order valence-electron chi connectivity index (χ2n) is 14.8. The van der Waals surface area contributed by atoms with Crippen LogP contribution in [-0.2, 0) is 0 Å². The molecule has 6 nitrogen and oxygen atoms in total. The van der Waals surface area contributed by atoms with Gasteiger partial charge in [0.15, 0.2) is 0 Å². The largest absolute Gasteiger partial charge is 0.456 e. The van der Waals surface area contributed by atoms with E-state index in [1.54, 1.807) is 0 Å². The zero-order valence-corrected chi connectivity index (χ0v) is 30.7. The molecular formula is C51H34N4O2. The maximum Gasteiger partial charge on any atom is 0.143 e. The van der Waals surface area contributed by atoms with Gasteiger partial charge in [0.25, 0.3) is 0 Å². The van der Waals surface area contributed by atoms with E-state index in [2.05, 4.69) is 173 Å². The molecule has 0 radical (unpaired) electrons. The van der Waals surface area contributed by atoms with Crippen molar-refractivity contribution in [2.45, 2.75) is 12.3 Å². The van der Waals surface area contributed by atoms with Crippen molar-refractivity contribution in [2.24, 2.45) is 4.99 Å². The zero-order chi connectivity index (χ0) is 37.5. The summed E-state index contributed by atoms with van der Waals surface area (Å²) in [4.78, 5) is 5.15. The van der Waals surface area contributed by atoms with Gasteiger partial charge in [-0.1, -0.05) is 133 Å². The van der Waals surface area contributed by atoms with E-state index in [-0.39, 0.29) is 12.3 Å². The molecule has 0 amide bonds. The quantitative estimate of drug-likeness (QED) is 0.185. The molecule has 0 aliphatic carbocycles. The average Bonchev–Trinajstić information content (AvgIpc) is 3.95. The highest BCUT2D eigenvalue weighted by atomic mass is 16.3. The molecule has 0 fully saturated rings. The first-order valence-electron chi connectivity index (χ1n) is 19.3. The summed E-state index contributed by atoms with van der Waals surface area (Å²) in [7, 11) is 0. The molecule has 3 aromatic heterocycles. The number of aromatic nitrogens is 1. The maximum atomic E-state index is 6.67. The van der Waals surface area contributed by atoms with Gasteiger partial charge in [0, 0.05) is 49.1 Å². The topological polar surface area (TPSA) is 67.6 Å². The standard InChI is InChI=1S/C51H34N4O2/c1-3-12-31(13-4-1)49-52-50(32-14-5-2-6-15-32)54-51(53-49)34-22-25-39-41-28-33(23-26-45(41)56-47(39)29-34)36-18-11-19-40-42-30-35(24-27-46(42)57-48(36)40)55-43-20-9-7-16-37(43)38-17-8-10-21-44(38)55/h1-30,49,51,53H,(H,52,54). The summed E-state index contributed by atoms with van der Waals surface area (Å²) in [5.74, 6) is 0.852. The van der Waals surface area contributed by atoms with Gasteiger partial charge in [-0.05, 0) is 65.2 Å². The Hall–Kier alpha value is -7.41. The lowest BCUT2D eigenvalue weighted by Gasteiger charge is -2.32. The van der Waals surface area contributed by atoms with Crippen LogP contribution >= 0.6 is 0 Å². The van der Waals surface area contributed by atoms with Gasteiger partial charge in [-0.25, -0.2) is 4.99 Å². The highest BCUT2D eigenvalue weighted by molar-refractivity contribution is 6.13.